The minimum absolute atomic E-state index is 0.127. The van der Waals surface area contributed by atoms with E-state index in [0.29, 0.717) is 41.2 Å². The van der Waals surface area contributed by atoms with Crippen LogP contribution >= 0.6 is 0 Å². The molecule has 43 heavy (non-hydrogen) atoms. The Balaban J connectivity index is 1.42. The summed E-state index contributed by atoms with van der Waals surface area (Å²) in [6.07, 6.45) is 6.35. The number of pyridine rings is 1. The molecule has 4 aromatic rings. The topological polar surface area (TPSA) is 136 Å². The third-order valence-electron chi connectivity index (χ3n) is 7.63. The summed E-state index contributed by atoms with van der Waals surface area (Å²) in [5.41, 5.74) is 10.8. The number of anilines is 2. The molecule has 9 nitrogen and oxygen atoms in total. The van der Waals surface area contributed by atoms with Crippen molar-refractivity contribution in [1.29, 1.82) is 15.8 Å². The lowest BCUT2D eigenvalue weighted by molar-refractivity contribution is 0.260. The first-order chi connectivity index (χ1) is 21.1. The van der Waals surface area contributed by atoms with Crippen molar-refractivity contribution in [3.8, 4) is 18.2 Å². The summed E-state index contributed by atoms with van der Waals surface area (Å²) in [6, 6.07) is 26.4. The van der Waals surface area contributed by atoms with E-state index in [1.807, 2.05) is 53.7 Å². The van der Waals surface area contributed by atoms with Crippen molar-refractivity contribution in [3.63, 3.8) is 0 Å². The van der Waals surface area contributed by atoms with Crippen molar-refractivity contribution in [3.05, 3.63) is 113 Å². The molecule has 4 N–H and O–H groups in total. The third kappa shape index (κ3) is 5.90. The second kappa shape index (κ2) is 12.1. The fourth-order valence-electron chi connectivity index (χ4n) is 5.31. The fourth-order valence-corrected chi connectivity index (χ4v) is 5.31. The normalized spacial score (nSPS) is 15.4. The Morgan fingerprint density at radius 3 is 2.53 bits per heavy atom. The molecule has 2 heterocycles. The van der Waals surface area contributed by atoms with E-state index in [4.69, 9.17) is 0 Å². The van der Waals surface area contributed by atoms with Crippen LogP contribution in [0.5, 0.6) is 0 Å². The van der Waals surface area contributed by atoms with Gasteiger partial charge in [-0.3, -0.25) is 9.99 Å². The van der Waals surface area contributed by atoms with Crippen LogP contribution in [0, 0.1) is 39.8 Å². The van der Waals surface area contributed by atoms with Gasteiger partial charge in [-0.2, -0.15) is 15.8 Å². The van der Waals surface area contributed by atoms with Crippen molar-refractivity contribution in [1.82, 2.24) is 21.0 Å². The standard InChI is InChI=1S/C33H28FN9/c34-28-16-25(39-32(23-9-4-6-21(14-23)17-36)30-20-43(42-41-30)26-11-12-26)15-27-31(24(18-37)19-38-33(27)28)40-29(10-5-13-35)22-7-2-1-3-8-22/h1-4,6-9,14-16,19-20,26,29,32,39,41-42H,5,10-12H2,(H,38,40). The summed E-state index contributed by atoms with van der Waals surface area (Å²) in [5, 5.41) is 38.2. The SMILES string of the molecule is N#CCCC(Nc1c(C#N)cnc2c(F)cc(NC(C3=CN(C4CC4)NN3)c3cccc(C#N)c3)cc12)c1ccccc1. The van der Waals surface area contributed by atoms with Crippen LogP contribution < -0.4 is 21.6 Å². The Kier molecular flexibility index (Phi) is 7.74. The lowest BCUT2D eigenvalue weighted by atomic mass is 9.99. The number of fused-ring (bicyclic) bond motifs is 1. The molecule has 0 radical (unpaired) electrons. The molecule has 1 aliphatic carbocycles. The molecular formula is C33H28FN9. The van der Waals surface area contributed by atoms with Gasteiger partial charge in [0.05, 0.1) is 46.7 Å². The number of nitrogens with one attached hydrogen (secondary N) is 4. The van der Waals surface area contributed by atoms with Crippen LogP contribution in [0.15, 0.2) is 84.8 Å². The summed E-state index contributed by atoms with van der Waals surface area (Å²) in [4.78, 5) is 4.28. The Morgan fingerprint density at radius 2 is 1.79 bits per heavy atom. The number of aromatic nitrogens is 1. The van der Waals surface area contributed by atoms with Gasteiger partial charge in [0.1, 0.15) is 11.6 Å². The molecule has 212 valence electrons. The van der Waals surface area contributed by atoms with Crippen molar-refractivity contribution >= 4 is 22.3 Å². The summed E-state index contributed by atoms with van der Waals surface area (Å²) < 4.78 is 15.7. The molecule has 1 aromatic heterocycles. The van der Waals surface area contributed by atoms with Gasteiger partial charge in [0.15, 0.2) is 5.82 Å². The predicted molar refractivity (Wildman–Crippen MR) is 161 cm³/mol. The Bertz CT molecular complexity index is 1810. The van der Waals surface area contributed by atoms with Gasteiger partial charge in [0.25, 0.3) is 0 Å². The van der Waals surface area contributed by atoms with E-state index in [1.165, 1.54) is 12.3 Å². The number of hydrogen-bond donors (Lipinski definition) is 4. The van der Waals surface area contributed by atoms with Gasteiger partial charge in [-0.15, -0.1) is 5.53 Å². The van der Waals surface area contributed by atoms with Crippen molar-refractivity contribution in [2.24, 2.45) is 0 Å². The molecule has 6 rings (SSSR count). The molecule has 1 saturated carbocycles. The molecule has 2 atom stereocenters. The molecule has 0 amide bonds. The number of rotatable bonds is 10. The van der Waals surface area contributed by atoms with Crippen LogP contribution in [0.3, 0.4) is 0 Å². The molecule has 1 fully saturated rings. The van der Waals surface area contributed by atoms with Crippen LogP contribution in [-0.2, 0) is 0 Å². The first-order valence-corrected chi connectivity index (χ1v) is 14.1. The molecule has 0 bridgehead atoms. The highest BCUT2D eigenvalue weighted by molar-refractivity contribution is 5.96. The van der Waals surface area contributed by atoms with Crippen LogP contribution in [0.2, 0.25) is 0 Å². The zero-order valence-corrected chi connectivity index (χ0v) is 23.2. The minimum atomic E-state index is -0.545. The largest absolute Gasteiger partial charge is 0.377 e. The van der Waals surface area contributed by atoms with E-state index in [2.05, 4.69) is 44.8 Å². The van der Waals surface area contributed by atoms with Crippen LogP contribution in [0.1, 0.15) is 60.0 Å². The molecule has 1 aliphatic heterocycles. The van der Waals surface area contributed by atoms with E-state index >= 15 is 4.39 Å². The molecular weight excluding hydrogens is 541 g/mol. The highest BCUT2D eigenvalue weighted by Gasteiger charge is 2.32. The van der Waals surface area contributed by atoms with Crippen molar-refractivity contribution in [2.75, 3.05) is 10.6 Å². The first-order valence-electron chi connectivity index (χ1n) is 14.1. The molecule has 0 spiro atoms. The summed E-state index contributed by atoms with van der Waals surface area (Å²) >= 11 is 0. The van der Waals surface area contributed by atoms with Gasteiger partial charge in [-0.05, 0) is 54.7 Å². The number of benzene rings is 3. The van der Waals surface area contributed by atoms with Crippen LogP contribution in [-0.4, -0.2) is 16.0 Å². The van der Waals surface area contributed by atoms with Gasteiger partial charge in [0.2, 0.25) is 0 Å². The third-order valence-corrected chi connectivity index (χ3v) is 7.63. The average Bonchev–Trinajstić information content (AvgIpc) is 3.78. The van der Waals surface area contributed by atoms with Gasteiger partial charge in [-0.1, -0.05) is 42.5 Å². The molecule has 0 saturated heterocycles. The molecule has 3 aromatic carbocycles. The maximum atomic E-state index is 15.7. The molecule has 2 unspecified atom stereocenters. The van der Waals surface area contributed by atoms with Crippen LogP contribution in [0.25, 0.3) is 10.9 Å². The Labute approximate surface area is 248 Å². The van der Waals surface area contributed by atoms with Gasteiger partial charge < -0.3 is 16.1 Å². The maximum Gasteiger partial charge on any atom is 0.151 e. The smallest absolute Gasteiger partial charge is 0.151 e. The van der Waals surface area contributed by atoms with Crippen LogP contribution in [0.4, 0.5) is 15.8 Å². The lowest BCUT2D eigenvalue weighted by Crippen LogP contribution is -2.38. The highest BCUT2D eigenvalue weighted by atomic mass is 19.1. The summed E-state index contributed by atoms with van der Waals surface area (Å²) in [6.45, 7) is 0. The first kappa shape index (κ1) is 27.5. The Morgan fingerprint density at radius 1 is 0.977 bits per heavy atom. The van der Waals surface area contributed by atoms with Gasteiger partial charge in [0, 0.05) is 35.9 Å². The van der Waals surface area contributed by atoms with E-state index in [-0.39, 0.29) is 17.1 Å². The quantitative estimate of drug-likeness (QED) is 0.180. The fraction of sp³-hybridized carbons (Fsp3) is 0.212. The van der Waals surface area contributed by atoms with E-state index in [9.17, 15) is 15.8 Å². The van der Waals surface area contributed by atoms with E-state index in [1.54, 1.807) is 18.2 Å². The maximum absolute atomic E-state index is 15.7. The lowest BCUT2D eigenvalue weighted by Gasteiger charge is -2.24. The predicted octanol–water partition coefficient (Wildman–Crippen LogP) is 6.06. The second-order valence-electron chi connectivity index (χ2n) is 10.6. The number of nitriles is 3. The highest BCUT2D eigenvalue weighted by Crippen LogP contribution is 2.36. The zero-order valence-electron chi connectivity index (χ0n) is 23.2. The number of nitrogens with zero attached hydrogens (tertiary/aromatic N) is 5. The van der Waals surface area contributed by atoms with E-state index in [0.717, 1.165) is 29.7 Å². The monoisotopic (exact) mass is 569 g/mol. The zero-order chi connectivity index (χ0) is 29.8. The van der Waals surface area contributed by atoms with Gasteiger partial charge in [-0.25, -0.2) is 4.39 Å². The number of hydrogen-bond acceptors (Lipinski definition) is 9. The summed E-state index contributed by atoms with van der Waals surface area (Å²) in [5.74, 6) is -0.545. The number of hydrazine groups is 2. The summed E-state index contributed by atoms with van der Waals surface area (Å²) in [7, 11) is 0. The number of halogens is 1. The molecule has 2 aliphatic rings. The average molecular weight is 570 g/mol. The van der Waals surface area contributed by atoms with E-state index < -0.39 is 11.9 Å². The second-order valence-corrected chi connectivity index (χ2v) is 10.6. The van der Waals surface area contributed by atoms with Crippen molar-refractivity contribution in [2.45, 2.75) is 43.8 Å². The minimum Gasteiger partial charge on any atom is -0.377 e. The van der Waals surface area contributed by atoms with Gasteiger partial charge >= 0.3 is 0 Å². The Hall–Kier alpha value is -5.63. The molecule has 10 heteroatoms. The van der Waals surface area contributed by atoms with Crippen molar-refractivity contribution < 1.29 is 4.39 Å².